The van der Waals surface area contributed by atoms with Crippen molar-refractivity contribution in [3.05, 3.63) is 78.4 Å². The largest absolute Gasteiger partial charge is 0.373 e. The van der Waals surface area contributed by atoms with E-state index in [1.165, 1.54) is 18.3 Å². The van der Waals surface area contributed by atoms with Gasteiger partial charge in [0.25, 0.3) is 0 Å². The molecule has 1 amide bonds. The molecule has 30 heavy (non-hydrogen) atoms. The lowest BCUT2D eigenvalue weighted by Gasteiger charge is -2.15. The molecule has 8 heteroatoms. The molecule has 0 unspecified atom stereocenters. The summed E-state index contributed by atoms with van der Waals surface area (Å²) in [7, 11) is 1.78. The number of anilines is 2. The van der Waals surface area contributed by atoms with E-state index in [1.54, 1.807) is 37.5 Å². The van der Waals surface area contributed by atoms with Crippen LogP contribution in [0.2, 0.25) is 0 Å². The molecule has 150 valence electrons. The van der Waals surface area contributed by atoms with E-state index in [2.05, 4.69) is 25.8 Å². The monoisotopic (exact) mass is 403 g/mol. The third-order valence-electron chi connectivity index (χ3n) is 4.49. The van der Waals surface area contributed by atoms with Gasteiger partial charge in [0, 0.05) is 24.9 Å². The van der Waals surface area contributed by atoms with Crippen molar-refractivity contribution >= 4 is 17.6 Å². The summed E-state index contributed by atoms with van der Waals surface area (Å²) in [5.41, 5.74) is 3.00. The Kier molecular flexibility index (Phi) is 5.47. The van der Waals surface area contributed by atoms with Crippen LogP contribution in [0.5, 0.6) is 0 Å². The Morgan fingerprint density at radius 2 is 1.90 bits per heavy atom. The van der Waals surface area contributed by atoms with E-state index < -0.39 is 0 Å². The van der Waals surface area contributed by atoms with E-state index in [9.17, 15) is 9.18 Å². The van der Waals surface area contributed by atoms with Gasteiger partial charge in [-0.1, -0.05) is 35.5 Å². The lowest BCUT2D eigenvalue weighted by Crippen LogP contribution is -2.14. The highest BCUT2D eigenvalue weighted by molar-refractivity contribution is 5.94. The lowest BCUT2D eigenvalue weighted by atomic mass is 9.92. The number of nitrogens with zero attached hydrogens (tertiary/aromatic N) is 3. The third-order valence-corrected chi connectivity index (χ3v) is 4.49. The van der Waals surface area contributed by atoms with Gasteiger partial charge in [-0.15, -0.1) is 0 Å². The van der Waals surface area contributed by atoms with E-state index in [4.69, 9.17) is 4.52 Å². The first-order chi connectivity index (χ1) is 14.6. The summed E-state index contributed by atoms with van der Waals surface area (Å²) in [5, 5.41) is 9.24. The summed E-state index contributed by atoms with van der Waals surface area (Å²) in [6.45, 7) is 0. The molecule has 4 rings (SSSR count). The molecule has 0 aliphatic rings. The fraction of sp³-hybridized carbons (Fsp3) is 0.0909. The minimum atomic E-state index is -0.339. The number of benzene rings is 2. The maximum Gasteiger partial charge on any atom is 0.231 e. The van der Waals surface area contributed by atoms with Crippen LogP contribution in [0, 0.1) is 5.82 Å². The molecule has 0 bridgehead atoms. The molecule has 7 nitrogen and oxygen atoms in total. The number of carbonyl (C=O) groups is 1. The van der Waals surface area contributed by atoms with E-state index >= 15 is 0 Å². The molecule has 2 heterocycles. The fourth-order valence-electron chi connectivity index (χ4n) is 3.15. The Hall–Kier alpha value is -4.07. The van der Waals surface area contributed by atoms with Crippen LogP contribution in [0.15, 0.2) is 71.5 Å². The molecule has 0 fully saturated rings. The van der Waals surface area contributed by atoms with Gasteiger partial charge in [0.2, 0.25) is 11.8 Å². The van der Waals surface area contributed by atoms with Crippen molar-refractivity contribution in [1.29, 1.82) is 0 Å². The molecule has 0 spiro atoms. The van der Waals surface area contributed by atoms with Gasteiger partial charge in [-0.25, -0.2) is 14.4 Å². The predicted octanol–water partition coefficient (Wildman–Crippen LogP) is 4.16. The van der Waals surface area contributed by atoms with E-state index in [0.29, 0.717) is 11.6 Å². The second-order valence-electron chi connectivity index (χ2n) is 6.46. The van der Waals surface area contributed by atoms with Gasteiger partial charge in [-0.05, 0) is 34.9 Å². The number of aromatic nitrogens is 3. The minimum absolute atomic E-state index is 0.0764. The molecule has 2 aromatic carbocycles. The fourth-order valence-corrected chi connectivity index (χ4v) is 3.15. The summed E-state index contributed by atoms with van der Waals surface area (Å²) < 4.78 is 18.5. The quantitative estimate of drug-likeness (QED) is 0.502. The molecular weight excluding hydrogens is 385 g/mol. The number of hydrogen-bond acceptors (Lipinski definition) is 6. The number of rotatable bonds is 6. The van der Waals surface area contributed by atoms with E-state index in [1.807, 2.05) is 18.2 Å². The van der Waals surface area contributed by atoms with Gasteiger partial charge < -0.3 is 9.84 Å². The Balaban J connectivity index is 1.79. The van der Waals surface area contributed by atoms with Crippen molar-refractivity contribution in [3.63, 3.8) is 0 Å². The normalized spacial score (nSPS) is 10.6. The number of carbonyl (C=O) groups excluding carboxylic acids is 1. The van der Waals surface area contributed by atoms with Gasteiger partial charge in [-0.3, -0.25) is 10.1 Å². The predicted molar refractivity (Wildman–Crippen MR) is 111 cm³/mol. The van der Waals surface area contributed by atoms with Crippen LogP contribution < -0.4 is 10.6 Å². The van der Waals surface area contributed by atoms with Crippen LogP contribution in [0.25, 0.3) is 22.5 Å². The Labute approximate surface area is 172 Å². The molecule has 4 aromatic rings. The summed E-state index contributed by atoms with van der Waals surface area (Å²) in [6.07, 6.45) is 3.19. The van der Waals surface area contributed by atoms with Crippen molar-refractivity contribution in [2.45, 2.75) is 6.42 Å². The van der Waals surface area contributed by atoms with Crippen LogP contribution in [0.1, 0.15) is 5.56 Å². The summed E-state index contributed by atoms with van der Waals surface area (Å²) in [4.78, 5) is 21.5. The van der Waals surface area contributed by atoms with Crippen LogP contribution in [-0.2, 0) is 11.2 Å². The highest BCUT2D eigenvalue weighted by atomic mass is 19.1. The minimum Gasteiger partial charge on any atom is -0.373 e. The Morgan fingerprint density at radius 1 is 1.07 bits per heavy atom. The first kappa shape index (κ1) is 19.3. The van der Waals surface area contributed by atoms with Crippen molar-refractivity contribution < 1.29 is 13.7 Å². The number of amides is 1. The third kappa shape index (κ3) is 4.17. The van der Waals surface area contributed by atoms with Crippen molar-refractivity contribution in [1.82, 2.24) is 15.1 Å². The van der Waals surface area contributed by atoms with E-state index in [-0.39, 0.29) is 24.0 Å². The SMILES string of the molecule is CNc1ccnc(-c2cccc(CC(=O)Nc3ccno3)c2-c2ccc(F)cc2)n1. The van der Waals surface area contributed by atoms with E-state index in [0.717, 1.165) is 22.3 Å². The maximum atomic E-state index is 13.5. The van der Waals surface area contributed by atoms with Gasteiger partial charge >= 0.3 is 0 Å². The first-order valence-corrected chi connectivity index (χ1v) is 9.23. The average molecular weight is 403 g/mol. The molecule has 0 aliphatic carbocycles. The summed E-state index contributed by atoms with van der Waals surface area (Å²) in [6, 6.07) is 15.0. The zero-order chi connectivity index (χ0) is 20.9. The molecule has 2 N–H and O–H groups in total. The molecular formula is C22H18FN5O2. The Bertz CT molecular complexity index is 1160. The zero-order valence-electron chi connectivity index (χ0n) is 16.1. The summed E-state index contributed by atoms with van der Waals surface area (Å²) in [5.74, 6) is 0.827. The standard InChI is InChI=1S/C22H18FN5O2/c1-24-18-9-11-25-22(27-18)17-4-2-3-15(13-19(29)28-20-10-12-26-30-20)21(17)14-5-7-16(23)8-6-14/h2-12H,13H2,1H3,(H,28,29)(H,24,25,27). The van der Waals surface area contributed by atoms with Crippen LogP contribution >= 0.6 is 0 Å². The number of nitrogens with one attached hydrogen (secondary N) is 2. The van der Waals surface area contributed by atoms with Crippen LogP contribution in [-0.4, -0.2) is 28.1 Å². The lowest BCUT2D eigenvalue weighted by molar-refractivity contribution is -0.115. The number of hydrogen-bond donors (Lipinski definition) is 2. The van der Waals surface area contributed by atoms with Gasteiger partial charge in [0.05, 0.1) is 12.6 Å². The maximum absolute atomic E-state index is 13.5. The molecule has 0 saturated carbocycles. The van der Waals surface area contributed by atoms with Crippen LogP contribution in [0.3, 0.4) is 0 Å². The average Bonchev–Trinajstić information content (AvgIpc) is 3.27. The van der Waals surface area contributed by atoms with Crippen molar-refractivity contribution in [3.8, 4) is 22.5 Å². The molecule has 0 saturated heterocycles. The second kappa shape index (κ2) is 8.52. The smallest absolute Gasteiger partial charge is 0.231 e. The van der Waals surface area contributed by atoms with Gasteiger partial charge in [0.1, 0.15) is 11.6 Å². The molecule has 0 radical (unpaired) electrons. The second-order valence-corrected chi connectivity index (χ2v) is 6.46. The van der Waals surface area contributed by atoms with Gasteiger partial charge in [0.15, 0.2) is 5.82 Å². The van der Waals surface area contributed by atoms with Crippen molar-refractivity contribution in [2.24, 2.45) is 0 Å². The topological polar surface area (TPSA) is 92.9 Å². The highest BCUT2D eigenvalue weighted by Gasteiger charge is 2.17. The Morgan fingerprint density at radius 3 is 2.63 bits per heavy atom. The summed E-state index contributed by atoms with van der Waals surface area (Å²) >= 11 is 0. The molecule has 0 aliphatic heterocycles. The zero-order valence-corrected chi connectivity index (χ0v) is 16.1. The molecule has 0 atom stereocenters. The number of halogens is 1. The highest BCUT2D eigenvalue weighted by Crippen LogP contribution is 2.34. The van der Waals surface area contributed by atoms with Crippen LogP contribution in [0.4, 0.5) is 16.1 Å². The first-order valence-electron chi connectivity index (χ1n) is 9.23. The van der Waals surface area contributed by atoms with Crippen molar-refractivity contribution in [2.75, 3.05) is 17.7 Å². The molecule has 2 aromatic heterocycles. The van der Waals surface area contributed by atoms with Gasteiger partial charge in [-0.2, -0.15) is 0 Å².